The molecule has 0 rings (SSSR count). The minimum absolute atomic E-state index is 0.210. The molecular weight excluding hydrogens is 651 g/mol. The number of carbonyl (C=O) groups is 2. The van der Waals surface area contributed by atoms with Crippen molar-refractivity contribution < 1.29 is 37.9 Å². The van der Waals surface area contributed by atoms with Crippen molar-refractivity contribution in [3.05, 3.63) is 24.3 Å². The van der Waals surface area contributed by atoms with E-state index in [1.54, 1.807) is 0 Å². The molecule has 0 spiro atoms. The summed E-state index contributed by atoms with van der Waals surface area (Å²) in [6.07, 6.45) is 41.8. The van der Waals surface area contributed by atoms with Gasteiger partial charge in [0.1, 0.15) is 6.61 Å². The van der Waals surface area contributed by atoms with Gasteiger partial charge in [0.15, 0.2) is 6.10 Å². The van der Waals surface area contributed by atoms with E-state index in [1.807, 2.05) is 0 Å². The van der Waals surface area contributed by atoms with Crippen LogP contribution in [0.2, 0.25) is 0 Å². The summed E-state index contributed by atoms with van der Waals surface area (Å²) in [5.41, 5.74) is 0. The Morgan fingerprint density at radius 1 is 0.500 bits per heavy atom. The normalized spacial score (nSPS) is 12.6. The van der Waals surface area contributed by atoms with E-state index in [2.05, 4.69) is 42.7 Å². The molecule has 8 nitrogen and oxygen atoms in total. The van der Waals surface area contributed by atoms with Crippen molar-refractivity contribution in [2.45, 2.75) is 213 Å². The smallest absolute Gasteiger partial charge is 0.462 e. The van der Waals surface area contributed by atoms with Gasteiger partial charge in [0, 0.05) is 12.8 Å². The molecule has 0 aliphatic carbocycles. The zero-order valence-corrected chi connectivity index (χ0v) is 33.2. The van der Waals surface area contributed by atoms with Gasteiger partial charge in [-0.05, 0) is 64.2 Å². The van der Waals surface area contributed by atoms with Gasteiger partial charge in [0.25, 0.3) is 0 Å². The van der Waals surface area contributed by atoms with Crippen LogP contribution in [0.15, 0.2) is 24.3 Å². The summed E-state index contributed by atoms with van der Waals surface area (Å²) in [7, 11) is -4.75. The van der Waals surface area contributed by atoms with Crippen LogP contribution in [0.5, 0.6) is 0 Å². The van der Waals surface area contributed by atoms with E-state index in [0.29, 0.717) is 12.8 Å². The molecule has 0 bridgehead atoms. The number of rotatable bonds is 38. The van der Waals surface area contributed by atoms with Crippen LogP contribution < -0.4 is 0 Å². The van der Waals surface area contributed by atoms with Gasteiger partial charge in [0.2, 0.25) is 0 Å². The van der Waals surface area contributed by atoms with Gasteiger partial charge in [-0.3, -0.25) is 14.1 Å². The summed E-state index contributed by atoms with van der Waals surface area (Å²) in [6, 6.07) is 0. The lowest BCUT2D eigenvalue weighted by Crippen LogP contribution is -2.29. The maximum absolute atomic E-state index is 12.4. The third-order valence-electron chi connectivity index (χ3n) is 8.94. The van der Waals surface area contributed by atoms with Crippen LogP contribution in [0.1, 0.15) is 206 Å². The number of unbranched alkanes of at least 4 members (excludes halogenated alkanes) is 24. The first-order valence-corrected chi connectivity index (χ1v) is 22.2. The van der Waals surface area contributed by atoms with Crippen molar-refractivity contribution in [3.63, 3.8) is 0 Å². The Bertz CT molecular complexity index is 869. The molecule has 0 aromatic carbocycles. The van der Waals surface area contributed by atoms with Crippen LogP contribution in [0.3, 0.4) is 0 Å². The molecule has 0 aromatic heterocycles. The number of phosphoric ester groups is 1. The lowest BCUT2D eigenvalue weighted by Gasteiger charge is -2.18. The highest BCUT2D eigenvalue weighted by atomic mass is 31.2. The van der Waals surface area contributed by atoms with Gasteiger partial charge in [-0.1, -0.05) is 154 Å². The summed E-state index contributed by atoms with van der Waals surface area (Å²) in [6.45, 7) is 3.67. The van der Waals surface area contributed by atoms with Crippen LogP contribution >= 0.6 is 7.82 Å². The Hall–Kier alpha value is -1.47. The predicted molar refractivity (Wildman–Crippen MR) is 207 cm³/mol. The van der Waals surface area contributed by atoms with E-state index in [-0.39, 0.29) is 19.4 Å². The fraction of sp³-hybridized carbons (Fsp3) is 0.854. The molecule has 50 heavy (non-hydrogen) atoms. The molecule has 0 saturated carbocycles. The van der Waals surface area contributed by atoms with Crippen molar-refractivity contribution in [2.75, 3.05) is 13.2 Å². The average Bonchev–Trinajstić information content (AvgIpc) is 3.08. The molecule has 0 radical (unpaired) electrons. The van der Waals surface area contributed by atoms with Crippen molar-refractivity contribution >= 4 is 19.8 Å². The molecule has 0 aliphatic rings. The molecule has 9 heteroatoms. The molecule has 0 unspecified atom stereocenters. The average molecular weight is 729 g/mol. The van der Waals surface area contributed by atoms with Crippen molar-refractivity contribution in [1.29, 1.82) is 0 Å². The van der Waals surface area contributed by atoms with E-state index in [1.165, 1.54) is 116 Å². The van der Waals surface area contributed by atoms with Crippen molar-refractivity contribution in [1.82, 2.24) is 0 Å². The molecule has 0 aliphatic heterocycles. The first-order chi connectivity index (χ1) is 24.3. The first-order valence-electron chi connectivity index (χ1n) is 20.6. The Morgan fingerprint density at radius 2 is 0.840 bits per heavy atom. The van der Waals surface area contributed by atoms with Gasteiger partial charge in [-0.25, -0.2) is 4.57 Å². The third kappa shape index (κ3) is 39.3. The van der Waals surface area contributed by atoms with Gasteiger partial charge >= 0.3 is 19.8 Å². The van der Waals surface area contributed by atoms with Crippen LogP contribution in [0.25, 0.3) is 0 Å². The zero-order valence-electron chi connectivity index (χ0n) is 32.3. The highest BCUT2D eigenvalue weighted by Gasteiger charge is 2.22. The Labute approximate surface area is 307 Å². The van der Waals surface area contributed by atoms with Gasteiger partial charge in [-0.15, -0.1) is 0 Å². The van der Waals surface area contributed by atoms with Crippen LogP contribution in [0.4, 0.5) is 0 Å². The highest BCUT2D eigenvalue weighted by molar-refractivity contribution is 7.46. The summed E-state index contributed by atoms with van der Waals surface area (Å²) in [4.78, 5) is 42.8. The van der Waals surface area contributed by atoms with E-state index < -0.39 is 32.5 Å². The van der Waals surface area contributed by atoms with Crippen molar-refractivity contribution in [2.24, 2.45) is 0 Å². The number of carbonyl (C=O) groups excluding carboxylic acids is 2. The molecule has 1 atom stereocenters. The molecule has 0 heterocycles. The second kappa shape index (κ2) is 37.3. The molecule has 0 amide bonds. The topological polar surface area (TPSA) is 119 Å². The number of hydrogen-bond acceptors (Lipinski definition) is 6. The monoisotopic (exact) mass is 729 g/mol. The standard InChI is InChI=1S/C41H77O8P/c1-3-5-7-9-11-13-15-17-19-20-22-24-26-28-30-32-34-36-41(43)49-39(38-48-50(44,45)46)37-47-40(42)35-33-31-29-27-25-23-21-18-16-14-12-10-8-6-4-2/h13,15,18,21,39H,3-12,14,16-17,19-20,22-38H2,1-2H3,(H2,44,45,46)/b15-13+,21-18+/t39-/m1/s1. The fourth-order valence-corrected chi connectivity index (χ4v) is 6.19. The van der Waals surface area contributed by atoms with E-state index >= 15 is 0 Å². The zero-order chi connectivity index (χ0) is 36.8. The van der Waals surface area contributed by atoms with Gasteiger partial charge in [0.05, 0.1) is 6.61 Å². The second-order valence-corrected chi connectivity index (χ2v) is 15.2. The molecule has 2 N–H and O–H groups in total. The minimum Gasteiger partial charge on any atom is -0.462 e. The second-order valence-electron chi connectivity index (χ2n) is 14.0. The minimum atomic E-state index is -4.75. The molecule has 0 fully saturated rings. The maximum atomic E-state index is 12.4. The van der Waals surface area contributed by atoms with Crippen LogP contribution in [-0.4, -0.2) is 41.0 Å². The fourth-order valence-electron chi connectivity index (χ4n) is 5.83. The SMILES string of the molecule is CCCCCC/C=C/CCCCCCCCCCCC(=O)O[C@H](COC(=O)CCCCCCC/C=C/CCCCCCCC)COP(=O)(O)O. The number of phosphoric acid groups is 1. The summed E-state index contributed by atoms with van der Waals surface area (Å²) < 4.78 is 26.4. The largest absolute Gasteiger partial charge is 0.469 e. The molecule has 0 saturated heterocycles. The molecular formula is C41H77O8P. The first kappa shape index (κ1) is 48.5. The number of ether oxygens (including phenoxy) is 2. The number of hydrogen-bond donors (Lipinski definition) is 2. The summed E-state index contributed by atoms with van der Waals surface area (Å²) >= 11 is 0. The number of allylic oxidation sites excluding steroid dienone is 4. The van der Waals surface area contributed by atoms with Crippen LogP contribution in [-0.2, 0) is 28.2 Å². The van der Waals surface area contributed by atoms with Gasteiger partial charge < -0.3 is 19.3 Å². The number of esters is 2. The Balaban J connectivity index is 3.92. The van der Waals surface area contributed by atoms with E-state index in [0.717, 1.165) is 51.4 Å². The Morgan fingerprint density at radius 3 is 1.24 bits per heavy atom. The summed E-state index contributed by atoms with van der Waals surface area (Å²) in [5.74, 6) is -0.891. The maximum Gasteiger partial charge on any atom is 0.469 e. The quantitative estimate of drug-likeness (QED) is 0.0279. The third-order valence-corrected chi connectivity index (χ3v) is 9.43. The summed E-state index contributed by atoms with van der Waals surface area (Å²) in [5, 5.41) is 0. The van der Waals surface area contributed by atoms with E-state index in [9.17, 15) is 14.2 Å². The lowest BCUT2D eigenvalue weighted by atomic mass is 10.1. The van der Waals surface area contributed by atoms with Crippen molar-refractivity contribution in [3.8, 4) is 0 Å². The molecule has 294 valence electrons. The Kier molecular flexibility index (Phi) is 36.2. The highest BCUT2D eigenvalue weighted by Crippen LogP contribution is 2.36. The van der Waals surface area contributed by atoms with E-state index in [4.69, 9.17) is 19.3 Å². The predicted octanol–water partition coefficient (Wildman–Crippen LogP) is 12.4. The molecule has 0 aromatic rings. The van der Waals surface area contributed by atoms with Crippen LogP contribution in [0, 0.1) is 0 Å². The lowest BCUT2D eigenvalue weighted by molar-refractivity contribution is -0.161. The van der Waals surface area contributed by atoms with Gasteiger partial charge in [-0.2, -0.15) is 0 Å².